The highest BCUT2D eigenvalue weighted by molar-refractivity contribution is 8.23. The van der Waals surface area contributed by atoms with Crippen LogP contribution in [0.25, 0.3) is 0 Å². The number of carbonyl (C=O) groups excluding carboxylic acids is 1. The van der Waals surface area contributed by atoms with Crippen LogP contribution in [-0.2, 0) is 4.79 Å². The van der Waals surface area contributed by atoms with Crippen LogP contribution < -0.4 is 9.64 Å². The van der Waals surface area contributed by atoms with Crippen molar-refractivity contribution in [3.63, 3.8) is 0 Å². The molecule has 7 heteroatoms. The van der Waals surface area contributed by atoms with E-state index in [1.165, 1.54) is 36.7 Å². The molecular weight excluding hydrogens is 390 g/mol. The molecule has 0 spiro atoms. The minimum absolute atomic E-state index is 0.194. The molecule has 3 rings (SSSR count). The van der Waals surface area contributed by atoms with E-state index >= 15 is 0 Å². The van der Waals surface area contributed by atoms with Crippen LogP contribution in [0.4, 0.5) is 5.69 Å². The Balaban J connectivity index is 1.45. The van der Waals surface area contributed by atoms with Crippen LogP contribution in [0.1, 0.15) is 33.1 Å². The molecule has 0 N–H and O–H groups in total. The van der Waals surface area contributed by atoms with Crippen molar-refractivity contribution in [2.45, 2.75) is 45.2 Å². The molecule has 2 fully saturated rings. The largest absolute Gasteiger partial charge is 0.497 e. The summed E-state index contributed by atoms with van der Waals surface area (Å²) < 4.78 is 6.10. The van der Waals surface area contributed by atoms with Crippen molar-refractivity contribution >= 4 is 39.9 Å². The van der Waals surface area contributed by atoms with Gasteiger partial charge in [0.05, 0.1) is 12.9 Å². The number of hydrogen-bond acceptors (Lipinski definition) is 5. The smallest absolute Gasteiger partial charge is 0.233 e. The topological polar surface area (TPSA) is 36.0 Å². The van der Waals surface area contributed by atoms with Gasteiger partial charge in [0.25, 0.3) is 0 Å². The molecule has 1 aromatic rings. The summed E-state index contributed by atoms with van der Waals surface area (Å²) >= 11 is 7.18. The zero-order chi connectivity index (χ0) is 20.1. The molecule has 2 atom stereocenters. The molecule has 1 aromatic carbocycles. The van der Waals surface area contributed by atoms with E-state index in [0.717, 1.165) is 36.2 Å². The van der Waals surface area contributed by atoms with Gasteiger partial charge in [0.15, 0.2) is 0 Å². The standard InChI is InChI=1S/C21H31N3O2S2/c1-16-5-4-6-17(2)24(16)21(27)28-15-20(25)23-13-11-22(12-14-23)18-7-9-19(26-3)10-8-18/h7-10,16-17H,4-6,11-15H2,1-3H3/t16-,17-/m1/s1. The number of thiocarbonyl (C=S) groups is 1. The number of hydrogen-bond donors (Lipinski definition) is 0. The van der Waals surface area contributed by atoms with E-state index in [1.54, 1.807) is 7.11 Å². The second kappa shape index (κ2) is 9.83. The second-order valence-corrected chi connectivity index (χ2v) is 9.27. The van der Waals surface area contributed by atoms with Crippen LogP contribution in [0.5, 0.6) is 5.75 Å². The summed E-state index contributed by atoms with van der Waals surface area (Å²) in [5.41, 5.74) is 1.18. The Morgan fingerprint density at radius 2 is 1.71 bits per heavy atom. The maximum Gasteiger partial charge on any atom is 0.233 e. The van der Waals surface area contributed by atoms with Gasteiger partial charge < -0.3 is 19.4 Å². The highest BCUT2D eigenvalue weighted by Crippen LogP contribution is 2.27. The molecule has 2 aliphatic heterocycles. The lowest BCUT2D eigenvalue weighted by atomic mass is 9.99. The number of piperidine rings is 1. The van der Waals surface area contributed by atoms with Crippen molar-refractivity contribution in [2.75, 3.05) is 43.9 Å². The minimum Gasteiger partial charge on any atom is -0.497 e. The van der Waals surface area contributed by atoms with Gasteiger partial charge in [0, 0.05) is 44.0 Å². The van der Waals surface area contributed by atoms with E-state index in [1.807, 2.05) is 17.0 Å². The Labute approximate surface area is 178 Å². The van der Waals surface area contributed by atoms with Crippen molar-refractivity contribution in [1.82, 2.24) is 9.80 Å². The number of nitrogens with zero attached hydrogens (tertiary/aromatic N) is 3. The SMILES string of the molecule is COc1ccc(N2CCN(C(=O)CSC(=S)N3[C@H](C)CCC[C@H]3C)CC2)cc1. The van der Waals surface area contributed by atoms with E-state index in [9.17, 15) is 4.79 Å². The summed E-state index contributed by atoms with van der Waals surface area (Å²) in [6.07, 6.45) is 3.64. The summed E-state index contributed by atoms with van der Waals surface area (Å²) in [6.45, 7) is 7.70. The molecule has 0 unspecified atom stereocenters. The number of rotatable bonds is 4. The van der Waals surface area contributed by atoms with Gasteiger partial charge in [-0.1, -0.05) is 24.0 Å². The van der Waals surface area contributed by atoms with Crippen LogP contribution >= 0.6 is 24.0 Å². The number of likely N-dealkylation sites (tertiary alicyclic amines) is 1. The van der Waals surface area contributed by atoms with Crippen molar-refractivity contribution in [1.29, 1.82) is 0 Å². The number of carbonyl (C=O) groups is 1. The maximum absolute atomic E-state index is 12.7. The van der Waals surface area contributed by atoms with Crippen molar-refractivity contribution in [3.05, 3.63) is 24.3 Å². The number of methoxy groups -OCH3 is 1. The Morgan fingerprint density at radius 1 is 1.11 bits per heavy atom. The van der Waals surface area contributed by atoms with Gasteiger partial charge in [-0.3, -0.25) is 4.79 Å². The Kier molecular flexibility index (Phi) is 7.46. The molecule has 2 heterocycles. The molecular formula is C21H31N3O2S2. The van der Waals surface area contributed by atoms with Gasteiger partial charge in [-0.2, -0.15) is 0 Å². The molecule has 28 heavy (non-hydrogen) atoms. The molecule has 2 aliphatic rings. The Morgan fingerprint density at radius 3 is 2.29 bits per heavy atom. The van der Waals surface area contributed by atoms with Gasteiger partial charge in [0.2, 0.25) is 5.91 Å². The minimum atomic E-state index is 0.194. The third kappa shape index (κ3) is 5.11. The lowest BCUT2D eigenvalue weighted by Gasteiger charge is -2.40. The highest BCUT2D eigenvalue weighted by atomic mass is 32.2. The van der Waals surface area contributed by atoms with Crippen LogP contribution in [-0.4, -0.2) is 71.2 Å². The highest BCUT2D eigenvalue weighted by Gasteiger charge is 2.28. The quantitative estimate of drug-likeness (QED) is 0.691. The summed E-state index contributed by atoms with van der Waals surface area (Å²) in [4.78, 5) is 19.3. The van der Waals surface area contributed by atoms with Gasteiger partial charge in [-0.25, -0.2) is 0 Å². The fourth-order valence-corrected chi connectivity index (χ4v) is 5.55. The first kappa shape index (κ1) is 21.2. The normalized spacial score (nSPS) is 22.9. The van der Waals surface area contributed by atoms with E-state index in [-0.39, 0.29) is 5.91 Å². The maximum atomic E-state index is 12.7. The summed E-state index contributed by atoms with van der Waals surface area (Å²) in [5, 5.41) is 0. The van der Waals surface area contributed by atoms with Gasteiger partial charge in [0.1, 0.15) is 10.1 Å². The Bertz CT molecular complexity index is 665. The number of amides is 1. The number of piperazine rings is 1. The van der Waals surface area contributed by atoms with E-state index < -0.39 is 0 Å². The van der Waals surface area contributed by atoms with E-state index in [0.29, 0.717) is 17.8 Å². The molecule has 0 radical (unpaired) electrons. The van der Waals surface area contributed by atoms with E-state index in [4.69, 9.17) is 17.0 Å². The zero-order valence-electron chi connectivity index (χ0n) is 17.1. The fraction of sp³-hybridized carbons (Fsp3) is 0.619. The summed E-state index contributed by atoms with van der Waals surface area (Å²) in [5.74, 6) is 1.50. The van der Waals surface area contributed by atoms with Gasteiger partial charge in [-0.05, 0) is 57.4 Å². The first-order valence-corrected chi connectivity index (χ1v) is 11.5. The third-order valence-electron chi connectivity index (χ3n) is 5.79. The molecule has 0 aromatic heterocycles. The molecule has 0 bridgehead atoms. The summed E-state index contributed by atoms with van der Waals surface area (Å²) in [6, 6.07) is 9.07. The average molecular weight is 422 g/mol. The Hall–Kier alpha value is -1.47. The predicted molar refractivity (Wildman–Crippen MR) is 121 cm³/mol. The molecule has 0 saturated carbocycles. The number of thioether (sulfide) groups is 1. The van der Waals surface area contributed by atoms with Crippen LogP contribution in [0, 0.1) is 0 Å². The van der Waals surface area contributed by atoms with Crippen LogP contribution in [0.15, 0.2) is 24.3 Å². The number of benzene rings is 1. The lowest BCUT2D eigenvalue weighted by Crippen LogP contribution is -2.50. The van der Waals surface area contributed by atoms with Gasteiger partial charge >= 0.3 is 0 Å². The molecule has 154 valence electrons. The summed E-state index contributed by atoms with van der Waals surface area (Å²) in [7, 11) is 1.68. The predicted octanol–water partition coefficient (Wildman–Crippen LogP) is 3.62. The van der Waals surface area contributed by atoms with Crippen LogP contribution in [0.3, 0.4) is 0 Å². The fourth-order valence-electron chi connectivity index (χ4n) is 4.08. The second-order valence-electron chi connectivity index (χ2n) is 7.66. The molecule has 1 amide bonds. The first-order chi connectivity index (χ1) is 13.5. The third-order valence-corrected chi connectivity index (χ3v) is 7.21. The van der Waals surface area contributed by atoms with Crippen LogP contribution in [0.2, 0.25) is 0 Å². The van der Waals surface area contributed by atoms with Crippen molar-refractivity contribution in [3.8, 4) is 5.75 Å². The molecule has 2 saturated heterocycles. The van der Waals surface area contributed by atoms with Gasteiger partial charge in [-0.15, -0.1) is 0 Å². The number of ether oxygens (including phenoxy) is 1. The van der Waals surface area contributed by atoms with E-state index in [2.05, 4.69) is 35.8 Å². The molecule has 0 aliphatic carbocycles. The zero-order valence-corrected chi connectivity index (χ0v) is 18.7. The number of anilines is 1. The average Bonchev–Trinajstić information content (AvgIpc) is 2.72. The van der Waals surface area contributed by atoms with Crippen molar-refractivity contribution in [2.24, 2.45) is 0 Å². The lowest BCUT2D eigenvalue weighted by molar-refractivity contribution is -0.128. The first-order valence-electron chi connectivity index (χ1n) is 10.1. The van der Waals surface area contributed by atoms with Crippen molar-refractivity contribution < 1.29 is 9.53 Å². The molecule has 5 nitrogen and oxygen atoms in total. The monoisotopic (exact) mass is 421 g/mol.